The highest BCUT2D eigenvalue weighted by Crippen LogP contribution is 2.13. The van der Waals surface area contributed by atoms with Crippen molar-refractivity contribution in [2.45, 2.75) is 31.9 Å². The van der Waals surface area contributed by atoms with Crippen LogP contribution in [0.3, 0.4) is 0 Å². The summed E-state index contributed by atoms with van der Waals surface area (Å²) in [7, 11) is 0. The minimum absolute atomic E-state index is 0.271. The van der Waals surface area contributed by atoms with E-state index in [0.29, 0.717) is 19.0 Å². The Kier molecular flexibility index (Phi) is 5.72. The second-order valence-corrected chi connectivity index (χ2v) is 7.55. The first-order valence-corrected chi connectivity index (χ1v) is 8.63. The molecule has 1 atom stereocenters. The zero-order chi connectivity index (χ0) is 14.6. The van der Waals surface area contributed by atoms with E-state index in [0.717, 1.165) is 44.2 Å². The molecule has 20 heavy (non-hydrogen) atoms. The number of amides is 1. The molecule has 2 rings (SSSR count). The summed E-state index contributed by atoms with van der Waals surface area (Å²) in [6.07, 6.45) is 0.624. The van der Waals surface area contributed by atoms with Crippen LogP contribution in [0.15, 0.2) is 0 Å². The van der Waals surface area contributed by atoms with E-state index in [9.17, 15) is 9.90 Å². The maximum atomic E-state index is 12.3. The van der Waals surface area contributed by atoms with Gasteiger partial charge in [0.1, 0.15) is 0 Å². The van der Waals surface area contributed by atoms with Crippen LogP contribution < -0.4 is 5.32 Å². The number of hydrogen-bond acceptors (Lipinski definition) is 5. The lowest BCUT2D eigenvalue weighted by Crippen LogP contribution is -2.53. The van der Waals surface area contributed by atoms with Gasteiger partial charge in [0, 0.05) is 63.2 Å². The van der Waals surface area contributed by atoms with E-state index in [2.05, 4.69) is 10.2 Å². The highest BCUT2D eigenvalue weighted by molar-refractivity contribution is 7.99. The van der Waals surface area contributed by atoms with Gasteiger partial charge < -0.3 is 15.3 Å². The van der Waals surface area contributed by atoms with Gasteiger partial charge in [-0.3, -0.25) is 9.69 Å². The van der Waals surface area contributed by atoms with Crippen LogP contribution >= 0.6 is 11.8 Å². The summed E-state index contributed by atoms with van der Waals surface area (Å²) in [6.45, 7) is 8.65. The summed E-state index contributed by atoms with van der Waals surface area (Å²) in [5, 5.41) is 13.2. The molecular weight excluding hydrogens is 274 g/mol. The Labute approximate surface area is 126 Å². The third kappa shape index (κ3) is 5.24. The highest BCUT2D eigenvalue weighted by atomic mass is 32.2. The van der Waals surface area contributed by atoms with Gasteiger partial charge in [0.15, 0.2) is 0 Å². The number of carbonyl (C=O) groups is 1. The Balaban J connectivity index is 1.71. The van der Waals surface area contributed by atoms with Crippen LogP contribution in [0.1, 0.15) is 20.3 Å². The molecule has 1 unspecified atom stereocenters. The summed E-state index contributed by atoms with van der Waals surface area (Å²) < 4.78 is 0. The lowest BCUT2D eigenvalue weighted by molar-refractivity contribution is -0.133. The molecule has 2 N–H and O–H groups in total. The zero-order valence-corrected chi connectivity index (χ0v) is 13.4. The van der Waals surface area contributed by atoms with Crippen molar-refractivity contribution in [1.29, 1.82) is 0 Å². The van der Waals surface area contributed by atoms with Gasteiger partial charge in [-0.15, -0.1) is 0 Å². The quantitative estimate of drug-likeness (QED) is 0.765. The molecule has 2 saturated heterocycles. The maximum absolute atomic E-state index is 12.3. The average Bonchev–Trinajstić information content (AvgIpc) is 2.39. The van der Waals surface area contributed by atoms with Gasteiger partial charge >= 0.3 is 0 Å². The first kappa shape index (κ1) is 16.1. The minimum Gasteiger partial charge on any atom is -0.389 e. The van der Waals surface area contributed by atoms with Crippen LogP contribution in [0.2, 0.25) is 0 Å². The van der Waals surface area contributed by atoms with Crippen molar-refractivity contribution >= 4 is 17.7 Å². The fraction of sp³-hybridized carbons (Fsp3) is 0.929. The van der Waals surface area contributed by atoms with E-state index in [1.807, 2.05) is 30.5 Å². The Morgan fingerprint density at radius 3 is 2.60 bits per heavy atom. The number of nitrogens with zero attached hydrogens (tertiary/aromatic N) is 2. The second kappa shape index (κ2) is 7.11. The Hall–Kier alpha value is -0.300. The Morgan fingerprint density at radius 1 is 1.35 bits per heavy atom. The topological polar surface area (TPSA) is 55.8 Å². The van der Waals surface area contributed by atoms with Gasteiger partial charge in [-0.1, -0.05) is 0 Å². The fourth-order valence-electron chi connectivity index (χ4n) is 2.79. The third-order valence-electron chi connectivity index (χ3n) is 3.76. The minimum atomic E-state index is -0.657. The van der Waals surface area contributed by atoms with Crippen molar-refractivity contribution in [3.05, 3.63) is 0 Å². The van der Waals surface area contributed by atoms with Crippen LogP contribution in [-0.2, 0) is 4.79 Å². The number of thioether (sulfide) groups is 1. The van der Waals surface area contributed by atoms with Crippen molar-refractivity contribution in [1.82, 2.24) is 15.1 Å². The number of nitrogens with one attached hydrogen (secondary N) is 1. The van der Waals surface area contributed by atoms with Crippen molar-refractivity contribution in [2.75, 3.05) is 50.8 Å². The summed E-state index contributed by atoms with van der Waals surface area (Å²) in [5.41, 5.74) is -0.657. The van der Waals surface area contributed by atoms with Crippen molar-refractivity contribution in [3.63, 3.8) is 0 Å². The largest absolute Gasteiger partial charge is 0.389 e. The number of rotatable bonds is 4. The molecule has 0 aromatic rings. The molecule has 0 saturated carbocycles. The van der Waals surface area contributed by atoms with E-state index in [4.69, 9.17) is 0 Å². The van der Waals surface area contributed by atoms with Crippen LogP contribution in [0.25, 0.3) is 0 Å². The normalized spacial score (nSPS) is 25.8. The molecule has 5 nitrogen and oxygen atoms in total. The molecular formula is C14H27N3O2S. The molecule has 0 aromatic heterocycles. The second-order valence-electron chi connectivity index (χ2n) is 6.40. The smallest absolute Gasteiger partial charge is 0.224 e. The predicted molar refractivity (Wildman–Crippen MR) is 83.1 cm³/mol. The monoisotopic (exact) mass is 301 g/mol. The molecule has 6 heteroatoms. The van der Waals surface area contributed by atoms with Gasteiger partial charge in [0.25, 0.3) is 0 Å². The van der Waals surface area contributed by atoms with Crippen LogP contribution in [0, 0.1) is 0 Å². The average molecular weight is 301 g/mol. The molecule has 2 heterocycles. The van der Waals surface area contributed by atoms with E-state index in [1.54, 1.807) is 0 Å². The SMILES string of the molecule is CC(C)(O)CN1CCN(C(=O)CC2CSCCN2)CC1. The Morgan fingerprint density at radius 2 is 2.05 bits per heavy atom. The maximum Gasteiger partial charge on any atom is 0.224 e. The van der Waals surface area contributed by atoms with Crippen molar-refractivity contribution < 1.29 is 9.90 Å². The number of aliphatic hydroxyl groups is 1. The molecule has 0 spiro atoms. The van der Waals surface area contributed by atoms with Gasteiger partial charge in [-0.2, -0.15) is 11.8 Å². The molecule has 116 valence electrons. The molecule has 0 aromatic carbocycles. The summed E-state index contributed by atoms with van der Waals surface area (Å²) >= 11 is 1.93. The lowest BCUT2D eigenvalue weighted by Gasteiger charge is -2.38. The van der Waals surface area contributed by atoms with Crippen LogP contribution in [0.5, 0.6) is 0 Å². The molecule has 2 aliphatic heterocycles. The molecule has 2 fully saturated rings. The van der Waals surface area contributed by atoms with E-state index in [1.165, 1.54) is 0 Å². The lowest BCUT2D eigenvalue weighted by atomic mass is 10.1. The van der Waals surface area contributed by atoms with Crippen molar-refractivity contribution in [2.24, 2.45) is 0 Å². The van der Waals surface area contributed by atoms with E-state index >= 15 is 0 Å². The predicted octanol–water partition coefficient (Wildman–Crippen LogP) is -0.00340. The standard InChI is InChI=1S/C14H27N3O2S/c1-14(2,19)11-16-4-6-17(7-5-16)13(18)9-12-10-20-8-3-15-12/h12,15,19H,3-11H2,1-2H3. The summed E-state index contributed by atoms with van der Waals surface area (Å²) in [6, 6.07) is 0.343. The number of piperazine rings is 1. The first-order valence-electron chi connectivity index (χ1n) is 7.48. The fourth-order valence-corrected chi connectivity index (χ4v) is 3.74. The third-order valence-corrected chi connectivity index (χ3v) is 4.89. The number of β-amino-alcohol motifs (C(OH)–C–C–N with tert-alkyl or cyclic N) is 1. The Bertz CT molecular complexity index is 319. The molecule has 0 bridgehead atoms. The summed E-state index contributed by atoms with van der Waals surface area (Å²) in [5.74, 6) is 2.47. The van der Waals surface area contributed by atoms with Crippen molar-refractivity contribution in [3.8, 4) is 0 Å². The van der Waals surface area contributed by atoms with Gasteiger partial charge in [-0.05, 0) is 13.8 Å². The van der Waals surface area contributed by atoms with Gasteiger partial charge in [0.2, 0.25) is 5.91 Å². The molecule has 1 amide bonds. The number of carbonyl (C=O) groups excluding carboxylic acids is 1. The highest BCUT2D eigenvalue weighted by Gasteiger charge is 2.26. The van der Waals surface area contributed by atoms with Crippen LogP contribution in [-0.4, -0.2) is 83.2 Å². The molecule has 0 aliphatic carbocycles. The number of hydrogen-bond donors (Lipinski definition) is 2. The molecule has 2 aliphatic rings. The molecule has 0 radical (unpaired) electrons. The van der Waals surface area contributed by atoms with Crippen LogP contribution in [0.4, 0.5) is 0 Å². The first-order chi connectivity index (χ1) is 9.44. The van der Waals surface area contributed by atoms with E-state index in [-0.39, 0.29) is 5.91 Å². The summed E-state index contributed by atoms with van der Waals surface area (Å²) in [4.78, 5) is 16.5. The van der Waals surface area contributed by atoms with E-state index < -0.39 is 5.60 Å². The zero-order valence-electron chi connectivity index (χ0n) is 12.6. The van der Waals surface area contributed by atoms with Gasteiger partial charge in [-0.25, -0.2) is 0 Å². The van der Waals surface area contributed by atoms with Gasteiger partial charge in [0.05, 0.1) is 5.60 Å².